The molecular formula is C35H36N2O7. The number of nitrogens with one attached hydrogen (secondary N) is 2. The Morgan fingerprint density at radius 2 is 1.39 bits per heavy atom. The summed E-state index contributed by atoms with van der Waals surface area (Å²) in [7, 11) is 1.54. The Bertz CT molecular complexity index is 1560. The SMILES string of the molecule is COCc1cc(C(=O)Nc2ccccc2OCCCCCC(=O)O)ccc1NC(=O)c1ccccc1OCc1ccccc1. The van der Waals surface area contributed by atoms with Crippen LogP contribution in [0.25, 0.3) is 0 Å². The molecule has 0 atom stereocenters. The number of anilines is 2. The van der Waals surface area contributed by atoms with Gasteiger partial charge in [-0.05, 0) is 67.3 Å². The van der Waals surface area contributed by atoms with E-state index in [1.54, 1.807) is 61.7 Å². The first-order valence-corrected chi connectivity index (χ1v) is 14.4. The minimum absolute atomic E-state index is 0.136. The second kappa shape index (κ2) is 16.5. The number of hydrogen-bond donors (Lipinski definition) is 3. The molecule has 9 nitrogen and oxygen atoms in total. The molecule has 3 N–H and O–H groups in total. The number of hydrogen-bond acceptors (Lipinski definition) is 6. The van der Waals surface area contributed by atoms with Gasteiger partial charge in [-0.2, -0.15) is 0 Å². The van der Waals surface area contributed by atoms with E-state index in [2.05, 4.69) is 10.6 Å². The molecule has 9 heteroatoms. The summed E-state index contributed by atoms with van der Waals surface area (Å²) in [5, 5.41) is 14.6. The predicted octanol–water partition coefficient (Wildman–Crippen LogP) is 6.94. The first-order valence-electron chi connectivity index (χ1n) is 14.4. The fourth-order valence-electron chi connectivity index (χ4n) is 4.46. The minimum Gasteiger partial charge on any atom is -0.491 e. The van der Waals surface area contributed by atoms with Crippen molar-refractivity contribution in [3.05, 3.63) is 119 Å². The van der Waals surface area contributed by atoms with Crippen LogP contribution in [-0.4, -0.2) is 36.6 Å². The maximum Gasteiger partial charge on any atom is 0.303 e. The van der Waals surface area contributed by atoms with E-state index in [1.807, 2.05) is 42.5 Å². The van der Waals surface area contributed by atoms with E-state index >= 15 is 0 Å². The summed E-state index contributed by atoms with van der Waals surface area (Å²) in [6.07, 6.45) is 2.16. The van der Waals surface area contributed by atoms with Crippen LogP contribution in [-0.2, 0) is 22.7 Å². The molecule has 4 aromatic carbocycles. The van der Waals surface area contributed by atoms with Crippen LogP contribution in [0.2, 0.25) is 0 Å². The monoisotopic (exact) mass is 596 g/mol. The third-order valence-corrected chi connectivity index (χ3v) is 6.71. The van der Waals surface area contributed by atoms with E-state index in [0.717, 1.165) is 12.0 Å². The van der Waals surface area contributed by atoms with Crippen molar-refractivity contribution in [1.29, 1.82) is 0 Å². The third kappa shape index (κ3) is 9.43. The van der Waals surface area contributed by atoms with E-state index in [1.165, 1.54) is 0 Å². The lowest BCUT2D eigenvalue weighted by atomic mass is 10.1. The molecule has 0 saturated heterocycles. The second-order valence-electron chi connectivity index (χ2n) is 10.0. The van der Waals surface area contributed by atoms with Crippen LogP contribution in [0.15, 0.2) is 97.1 Å². The quantitative estimate of drug-likeness (QED) is 0.120. The average Bonchev–Trinajstić information content (AvgIpc) is 3.03. The van der Waals surface area contributed by atoms with Gasteiger partial charge in [0.15, 0.2) is 0 Å². The maximum atomic E-state index is 13.3. The molecule has 228 valence electrons. The zero-order valence-corrected chi connectivity index (χ0v) is 24.6. The van der Waals surface area contributed by atoms with Gasteiger partial charge in [-0.3, -0.25) is 14.4 Å². The van der Waals surface area contributed by atoms with Crippen molar-refractivity contribution in [3.63, 3.8) is 0 Å². The molecule has 0 heterocycles. The Balaban J connectivity index is 1.41. The highest BCUT2D eigenvalue weighted by molar-refractivity contribution is 6.08. The molecule has 44 heavy (non-hydrogen) atoms. The fourth-order valence-corrected chi connectivity index (χ4v) is 4.46. The molecule has 0 fully saturated rings. The molecule has 0 aliphatic rings. The Morgan fingerprint density at radius 1 is 0.682 bits per heavy atom. The second-order valence-corrected chi connectivity index (χ2v) is 10.0. The van der Waals surface area contributed by atoms with Crippen molar-refractivity contribution in [2.24, 2.45) is 0 Å². The number of methoxy groups -OCH3 is 1. The number of benzene rings is 4. The topological polar surface area (TPSA) is 123 Å². The van der Waals surface area contributed by atoms with Gasteiger partial charge in [-0.15, -0.1) is 0 Å². The van der Waals surface area contributed by atoms with Gasteiger partial charge in [0, 0.05) is 30.3 Å². The van der Waals surface area contributed by atoms with Crippen molar-refractivity contribution in [2.75, 3.05) is 24.4 Å². The standard InChI is InChI=1S/C35H36N2O7/c1-42-24-27-22-26(34(40)37-30-15-8-10-17-32(30)43-21-11-3-6-18-33(38)39)19-20-29(27)36-35(41)28-14-7-9-16-31(28)44-23-25-12-4-2-5-13-25/h2,4-5,7-10,12-17,19-20,22H,3,6,11,18,21,23-24H2,1H3,(H,36,41)(H,37,40)(H,38,39). The van der Waals surface area contributed by atoms with Crippen molar-refractivity contribution in [2.45, 2.75) is 38.9 Å². The number of carbonyl (C=O) groups excluding carboxylic acids is 2. The number of amides is 2. The zero-order valence-electron chi connectivity index (χ0n) is 24.6. The number of carbonyl (C=O) groups is 3. The van der Waals surface area contributed by atoms with Crippen LogP contribution in [0.1, 0.15) is 57.5 Å². The minimum atomic E-state index is -0.808. The number of ether oxygens (including phenoxy) is 3. The van der Waals surface area contributed by atoms with Crippen LogP contribution < -0.4 is 20.1 Å². The molecule has 0 spiro atoms. The third-order valence-electron chi connectivity index (χ3n) is 6.71. The highest BCUT2D eigenvalue weighted by Crippen LogP contribution is 2.27. The van der Waals surface area contributed by atoms with Crippen molar-refractivity contribution in [1.82, 2.24) is 0 Å². The first-order chi connectivity index (χ1) is 21.4. The van der Waals surface area contributed by atoms with E-state index in [9.17, 15) is 14.4 Å². The Hall–Kier alpha value is -5.15. The van der Waals surface area contributed by atoms with Gasteiger partial charge in [0.25, 0.3) is 11.8 Å². The molecule has 2 amide bonds. The molecule has 4 rings (SSSR count). The maximum absolute atomic E-state index is 13.3. The van der Waals surface area contributed by atoms with Gasteiger partial charge in [0.1, 0.15) is 18.1 Å². The van der Waals surface area contributed by atoms with Gasteiger partial charge in [0.2, 0.25) is 0 Å². The van der Waals surface area contributed by atoms with Crippen molar-refractivity contribution < 1.29 is 33.7 Å². The van der Waals surface area contributed by atoms with E-state index in [-0.39, 0.29) is 24.8 Å². The molecule has 0 aliphatic carbocycles. The predicted molar refractivity (Wildman–Crippen MR) is 168 cm³/mol. The number of carboxylic acids is 1. The molecule has 4 aromatic rings. The van der Waals surface area contributed by atoms with Crippen LogP contribution in [0.4, 0.5) is 11.4 Å². The van der Waals surface area contributed by atoms with Gasteiger partial charge in [0.05, 0.1) is 24.5 Å². The van der Waals surface area contributed by atoms with Gasteiger partial charge in [-0.1, -0.05) is 54.6 Å². The summed E-state index contributed by atoms with van der Waals surface area (Å²) in [5.41, 5.74) is 3.40. The van der Waals surface area contributed by atoms with Gasteiger partial charge in [-0.25, -0.2) is 0 Å². The normalized spacial score (nSPS) is 10.6. The highest BCUT2D eigenvalue weighted by atomic mass is 16.5. The summed E-state index contributed by atoms with van der Waals surface area (Å²) in [6, 6.07) is 28.9. The fraction of sp³-hybridized carbons (Fsp3) is 0.229. The summed E-state index contributed by atoms with van der Waals surface area (Å²) in [4.78, 5) is 37.2. The molecule has 0 unspecified atom stereocenters. The van der Waals surface area contributed by atoms with Crippen molar-refractivity contribution in [3.8, 4) is 11.5 Å². The summed E-state index contributed by atoms with van der Waals surface area (Å²) >= 11 is 0. The van der Waals surface area contributed by atoms with E-state index in [0.29, 0.717) is 65.6 Å². The largest absolute Gasteiger partial charge is 0.491 e. The number of carboxylic acid groups (broad SMARTS) is 1. The van der Waals surface area contributed by atoms with Crippen LogP contribution in [0.3, 0.4) is 0 Å². The molecule has 0 saturated carbocycles. The van der Waals surface area contributed by atoms with Crippen LogP contribution in [0.5, 0.6) is 11.5 Å². The Labute approximate surface area is 256 Å². The molecule has 0 aromatic heterocycles. The van der Waals surface area contributed by atoms with Crippen LogP contribution >= 0.6 is 0 Å². The highest BCUT2D eigenvalue weighted by Gasteiger charge is 2.17. The number of para-hydroxylation sites is 3. The first kappa shape index (κ1) is 31.8. The smallest absolute Gasteiger partial charge is 0.303 e. The summed E-state index contributed by atoms with van der Waals surface area (Å²) in [6.45, 7) is 0.897. The molecule has 0 radical (unpaired) electrons. The number of rotatable bonds is 16. The van der Waals surface area contributed by atoms with E-state index < -0.39 is 5.97 Å². The summed E-state index contributed by atoms with van der Waals surface area (Å²) in [5.74, 6) is -0.528. The lowest BCUT2D eigenvalue weighted by Crippen LogP contribution is -2.17. The lowest BCUT2D eigenvalue weighted by Gasteiger charge is -2.16. The van der Waals surface area contributed by atoms with Crippen LogP contribution in [0, 0.1) is 0 Å². The molecule has 0 bridgehead atoms. The van der Waals surface area contributed by atoms with E-state index in [4.69, 9.17) is 19.3 Å². The average molecular weight is 597 g/mol. The van der Waals surface area contributed by atoms with Crippen molar-refractivity contribution >= 4 is 29.2 Å². The molecule has 0 aliphatic heterocycles. The Morgan fingerprint density at radius 3 is 2.16 bits per heavy atom. The Kier molecular flexibility index (Phi) is 11.9. The zero-order chi connectivity index (χ0) is 31.1. The van der Waals surface area contributed by atoms with Gasteiger partial charge < -0.3 is 30.0 Å². The van der Waals surface area contributed by atoms with Gasteiger partial charge >= 0.3 is 5.97 Å². The number of unbranched alkanes of at least 4 members (excludes halogenated alkanes) is 2. The molecular weight excluding hydrogens is 560 g/mol. The summed E-state index contributed by atoms with van der Waals surface area (Å²) < 4.78 is 17.2. The number of aliphatic carboxylic acids is 1. The lowest BCUT2D eigenvalue weighted by molar-refractivity contribution is -0.137.